The second kappa shape index (κ2) is 10.2. The zero-order valence-electron chi connectivity index (χ0n) is 29.3. The van der Waals surface area contributed by atoms with Crippen molar-refractivity contribution >= 4 is 76.2 Å². The third-order valence-electron chi connectivity index (χ3n) is 12.1. The third kappa shape index (κ3) is 3.82. The highest BCUT2D eigenvalue weighted by Gasteiger charge is 2.35. The van der Waals surface area contributed by atoms with Crippen molar-refractivity contribution in [1.29, 1.82) is 0 Å². The van der Waals surface area contributed by atoms with Crippen LogP contribution < -0.4 is 0 Å². The molecule has 53 heavy (non-hydrogen) atoms. The minimum atomic E-state index is -0.0275. The minimum Gasteiger partial charge on any atom is -0.455 e. The van der Waals surface area contributed by atoms with Crippen LogP contribution in [0.5, 0.6) is 0 Å². The van der Waals surface area contributed by atoms with Crippen molar-refractivity contribution in [2.75, 3.05) is 0 Å². The van der Waals surface area contributed by atoms with Gasteiger partial charge in [0.15, 0.2) is 0 Å². The number of hydrogen-bond acceptors (Lipinski definition) is 2. The fourth-order valence-electron chi connectivity index (χ4n) is 9.60. The molecule has 248 valence electrons. The van der Waals surface area contributed by atoms with Gasteiger partial charge in [0, 0.05) is 37.7 Å². The van der Waals surface area contributed by atoms with Crippen molar-refractivity contribution in [3.63, 3.8) is 0 Å². The Morgan fingerprint density at radius 1 is 0.340 bits per heavy atom. The Labute approximate surface area is 305 Å². The molecule has 1 aliphatic rings. The summed E-state index contributed by atoms with van der Waals surface area (Å²) in [7, 11) is 0. The highest BCUT2D eigenvalue weighted by atomic mass is 16.3. The Morgan fingerprint density at radius 3 is 1.43 bits per heavy atom. The van der Waals surface area contributed by atoms with E-state index in [4.69, 9.17) is 8.83 Å². The Hall–Kier alpha value is -6.64. The SMILES string of the molecule is CC1(C)c2ccccc2-c2cc(-c3c4ccccc4c(-c4ccc5oc6c(ccc7c6ccc6c8ccccc8oc67)c5c4)c4ccccc34)ccc21. The molecule has 12 rings (SSSR count). The maximum atomic E-state index is 6.67. The van der Waals surface area contributed by atoms with Gasteiger partial charge >= 0.3 is 0 Å². The molecule has 0 spiro atoms. The lowest BCUT2D eigenvalue weighted by Gasteiger charge is -2.22. The third-order valence-corrected chi connectivity index (χ3v) is 12.1. The second-order valence-corrected chi connectivity index (χ2v) is 15.2. The standard InChI is InChI=1S/C51H32O2/c1-51(2)43-17-9-7-11-31(43)41-27-29(19-25-44(41)51)47-33-13-3-5-15-35(33)48(36-16-6-4-14-34(36)47)30-20-26-46-42(28-30)40-24-23-38-39(50(40)53-46)22-21-37-32-12-8-10-18-45(32)52-49(37)38/h3-28H,1-2H3. The molecule has 0 bridgehead atoms. The maximum Gasteiger partial charge on any atom is 0.143 e. The van der Waals surface area contributed by atoms with E-state index in [9.17, 15) is 0 Å². The monoisotopic (exact) mass is 676 g/mol. The highest BCUT2D eigenvalue weighted by molar-refractivity contribution is 6.25. The lowest BCUT2D eigenvalue weighted by molar-refractivity contribution is 0.660. The quantitative estimate of drug-likeness (QED) is 0.170. The van der Waals surface area contributed by atoms with Crippen LogP contribution in [0.3, 0.4) is 0 Å². The van der Waals surface area contributed by atoms with Gasteiger partial charge in [-0.15, -0.1) is 0 Å². The summed E-state index contributed by atoms with van der Waals surface area (Å²) in [6, 6.07) is 57.6. The van der Waals surface area contributed by atoms with Crippen LogP contribution in [0, 0.1) is 0 Å². The average molecular weight is 677 g/mol. The number of fused-ring (bicyclic) bond motifs is 14. The predicted octanol–water partition coefficient (Wildman–Crippen LogP) is 14.6. The zero-order valence-corrected chi connectivity index (χ0v) is 29.3. The maximum absolute atomic E-state index is 6.67. The molecule has 0 fully saturated rings. The van der Waals surface area contributed by atoms with Crippen LogP contribution in [0.4, 0.5) is 0 Å². The number of para-hydroxylation sites is 1. The molecule has 2 heteroatoms. The summed E-state index contributed by atoms with van der Waals surface area (Å²) in [5, 5.41) is 11.6. The van der Waals surface area contributed by atoms with Gasteiger partial charge in [-0.3, -0.25) is 0 Å². The van der Waals surface area contributed by atoms with Crippen molar-refractivity contribution in [3.8, 4) is 33.4 Å². The largest absolute Gasteiger partial charge is 0.455 e. The van der Waals surface area contributed by atoms with Gasteiger partial charge in [0.25, 0.3) is 0 Å². The van der Waals surface area contributed by atoms with Gasteiger partial charge < -0.3 is 8.83 Å². The number of hydrogen-bond donors (Lipinski definition) is 0. The summed E-state index contributed by atoms with van der Waals surface area (Å²) >= 11 is 0. The first-order valence-corrected chi connectivity index (χ1v) is 18.4. The smallest absolute Gasteiger partial charge is 0.143 e. The van der Waals surface area contributed by atoms with E-state index in [2.05, 4.69) is 159 Å². The number of benzene rings is 9. The first kappa shape index (κ1) is 29.0. The molecule has 9 aromatic carbocycles. The Bertz CT molecular complexity index is 3310. The van der Waals surface area contributed by atoms with Crippen molar-refractivity contribution in [3.05, 3.63) is 169 Å². The average Bonchev–Trinajstić information content (AvgIpc) is 3.84. The van der Waals surface area contributed by atoms with Crippen LogP contribution in [0.25, 0.3) is 110 Å². The molecular formula is C51H32O2. The number of rotatable bonds is 2. The summed E-state index contributed by atoms with van der Waals surface area (Å²) in [4.78, 5) is 0. The molecule has 0 unspecified atom stereocenters. The first-order valence-electron chi connectivity index (χ1n) is 18.4. The van der Waals surface area contributed by atoms with Crippen LogP contribution in [-0.4, -0.2) is 0 Å². The summed E-state index contributed by atoms with van der Waals surface area (Å²) in [5.74, 6) is 0. The van der Waals surface area contributed by atoms with Gasteiger partial charge in [-0.05, 0) is 115 Å². The molecule has 11 aromatic rings. The van der Waals surface area contributed by atoms with Crippen LogP contribution in [-0.2, 0) is 5.41 Å². The normalized spacial score (nSPS) is 13.6. The lowest BCUT2D eigenvalue weighted by Crippen LogP contribution is -2.14. The van der Waals surface area contributed by atoms with E-state index < -0.39 is 0 Å². The first-order chi connectivity index (χ1) is 26.0. The topological polar surface area (TPSA) is 26.3 Å². The predicted molar refractivity (Wildman–Crippen MR) is 222 cm³/mol. The highest BCUT2D eigenvalue weighted by Crippen LogP contribution is 2.51. The number of furan rings is 2. The van der Waals surface area contributed by atoms with Crippen LogP contribution >= 0.6 is 0 Å². The molecule has 0 N–H and O–H groups in total. The van der Waals surface area contributed by atoms with Gasteiger partial charge in [0.2, 0.25) is 0 Å². The summed E-state index contributed by atoms with van der Waals surface area (Å²) < 4.78 is 13.1. The molecule has 0 atom stereocenters. The van der Waals surface area contributed by atoms with Gasteiger partial charge in [0.05, 0.1) is 0 Å². The molecule has 2 heterocycles. The van der Waals surface area contributed by atoms with Crippen molar-refractivity contribution in [2.45, 2.75) is 19.3 Å². The van der Waals surface area contributed by atoms with Crippen molar-refractivity contribution in [1.82, 2.24) is 0 Å². The molecule has 1 aliphatic carbocycles. The van der Waals surface area contributed by atoms with Crippen molar-refractivity contribution in [2.24, 2.45) is 0 Å². The van der Waals surface area contributed by atoms with E-state index in [0.717, 1.165) is 54.6 Å². The van der Waals surface area contributed by atoms with Gasteiger partial charge in [0.1, 0.15) is 22.3 Å². The summed E-state index contributed by atoms with van der Waals surface area (Å²) in [6.07, 6.45) is 0. The van der Waals surface area contributed by atoms with Gasteiger partial charge in [-0.25, -0.2) is 0 Å². The molecule has 0 amide bonds. The minimum absolute atomic E-state index is 0.0275. The van der Waals surface area contributed by atoms with E-state index in [1.54, 1.807) is 0 Å². The van der Waals surface area contributed by atoms with E-state index in [1.165, 1.54) is 66.1 Å². The van der Waals surface area contributed by atoms with Gasteiger partial charge in [-0.1, -0.05) is 123 Å². The summed E-state index contributed by atoms with van der Waals surface area (Å²) in [5.41, 5.74) is 14.0. The Balaban J connectivity index is 1.09. The van der Waals surface area contributed by atoms with Crippen LogP contribution in [0.2, 0.25) is 0 Å². The Kier molecular flexibility index (Phi) is 5.60. The van der Waals surface area contributed by atoms with E-state index >= 15 is 0 Å². The van der Waals surface area contributed by atoms with Crippen LogP contribution in [0.1, 0.15) is 25.0 Å². The fraction of sp³-hybridized carbons (Fsp3) is 0.0588. The summed E-state index contributed by atoms with van der Waals surface area (Å²) in [6.45, 7) is 4.69. The molecule has 0 aliphatic heterocycles. The molecule has 0 radical (unpaired) electrons. The van der Waals surface area contributed by atoms with Crippen LogP contribution in [0.15, 0.2) is 167 Å². The van der Waals surface area contributed by atoms with E-state index in [-0.39, 0.29) is 5.41 Å². The second-order valence-electron chi connectivity index (χ2n) is 15.2. The fourth-order valence-corrected chi connectivity index (χ4v) is 9.60. The molecule has 0 saturated heterocycles. The van der Waals surface area contributed by atoms with Gasteiger partial charge in [-0.2, -0.15) is 0 Å². The molecule has 2 nitrogen and oxygen atoms in total. The van der Waals surface area contributed by atoms with E-state index in [0.29, 0.717) is 0 Å². The zero-order chi connectivity index (χ0) is 35.0. The Morgan fingerprint density at radius 2 is 0.792 bits per heavy atom. The van der Waals surface area contributed by atoms with E-state index in [1.807, 2.05) is 12.1 Å². The molecule has 2 aromatic heterocycles. The molecular weight excluding hydrogens is 645 g/mol. The lowest BCUT2D eigenvalue weighted by atomic mass is 9.81. The molecule has 0 saturated carbocycles. The van der Waals surface area contributed by atoms with Crippen molar-refractivity contribution < 1.29 is 8.83 Å².